The maximum atomic E-state index is 13.2. The molecule has 0 unspecified atom stereocenters. The van der Waals surface area contributed by atoms with Crippen LogP contribution in [0.3, 0.4) is 0 Å². The Morgan fingerprint density at radius 1 is 1.08 bits per heavy atom. The Bertz CT molecular complexity index is 717. The van der Waals surface area contributed by atoms with Crippen LogP contribution in [0.25, 0.3) is 0 Å². The normalized spacial score (nSPS) is 12.8. The molecule has 0 amide bonds. The molecule has 0 saturated heterocycles. The van der Waals surface area contributed by atoms with E-state index in [-0.39, 0.29) is 23.5 Å². The Morgan fingerprint density at radius 2 is 1.79 bits per heavy atom. The van der Waals surface area contributed by atoms with E-state index in [1.165, 1.54) is 6.07 Å². The van der Waals surface area contributed by atoms with Gasteiger partial charge in [0, 0.05) is 23.9 Å². The van der Waals surface area contributed by atoms with E-state index in [0.29, 0.717) is 12.5 Å². The zero-order chi connectivity index (χ0) is 17.9. The summed E-state index contributed by atoms with van der Waals surface area (Å²) in [6, 6.07) is 3.44. The van der Waals surface area contributed by atoms with Crippen molar-refractivity contribution in [1.82, 2.24) is 9.97 Å². The average molecular weight is 346 g/mol. The lowest BCUT2D eigenvalue weighted by atomic mass is 10.2. The molecule has 2 rings (SSSR count). The fourth-order valence-electron chi connectivity index (χ4n) is 1.77. The highest BCUT2D eigenvalue weighted by Gasteiger charge is 2.34. The summed E-state index contributed by atoms with van der Waals surface area (Å²) in [6.45, 7) is 3.62. The van der Waals surface area contributed by atoms with Gasteiger partial charge in [0.1, 0.15) is 5.82 Å². The molecule has 0 aliphatic rings. The molecule has 4 nitrogen and oxygen atoms in total. The first-order valence-corrected chi connectivity index (χ1v) is 7.14. The number of aromatic nitrogens is 2. The van der Waals surface area contributed by atoms with Crippen LogP contribution < -0.4 is 10.6 Å². The quantitative estimate of drug-likeness (QED) is 0.769. The highest BCUT2D eigenvalue weighted by atomic mass is 19.4. The molecule has 1 heterocycles. The topological polar surface area (TPSA) is 49.8 Å². The maximum Gasteiger partial charge on any atom is 0.433 e. The van der Waals surface area contributed by atoms with Gasteiger partial charge in [-0.1, -0.05) is 6.92 Å². The van der Waals surface area contributed by atoms with Crippen LogP contribution in [0.4, 0.5) is 39.4 Å². The molecule has 0 aliphatic carbocycles. The molecule has 0 spiro atoms. The number of alkyl halides is 3. The SMILES string of the molecule is CC[C@@H](C)Nc1nc(Nc2ccc(F)c(F)c2)cc(C(F)(F)F)n1. The van der Waals surface area contributed by atoms with Gasteiger partial charge in [0.15, 0.2) is 17.3 Å². The summed E-state index contributed by atoms with van der Waals surface area (Å²) in [5.41, 5.74) is -1.08. The van der Waals surface area contributed by atoms with Gasteiger partial charge in [-0.3, -0.25) is 0 Å². The van der Waals surface area contributed by atoms with Gasteiger partial charge >= 0.3 is 6.18 Å². The first-order chi connectivity index (χ1) is 11.2. The fraction of sp³-hybridized carbons (Fsp3) is 0.333. The van der Waals surface area contributed by atoms with Gasteiger partial charge in [0.05, 0.1) is 0 Å². The zero-order valence-corrected chi connectivity index (χ0v) is 12.9. The number of nitrogens with zero attached hydrogens (tertiary/aromatic N) is 2. The van der Waals surface area contributed by atoms with Crippen molar-refractivity contribution in [2.75, 3.05) is 10.6 Å². The highest BCUT2D eigenvalue weighted by molar-refractivity contribution is 5.58. The van der Waals surface area contributed by atoms with Crippen LogP contribution in [-0.2, 0) is 6.18 Å². The van der Waals surface area contributed by atoms with E-state index in [9.17, 15) is 22.0 Å². The molecule has 0 bridgehead atoms. The highest BCUT2D eigenvalue weighted by Crippen LogP contribution is 2.30. The third-order valence-electron chi connectivity index (χ3n) is 3.20. The molecule has 0 saturated carbocycles. The second kappa shape index (κ2) is 6.98. The predicted molar refractivity (Wildman–Crippen MR) is 80.1 cm³/mol. The Balaban J connectivity index is 2.36. The molecule has 1 aromatic carbocycles. The summed E-state index contributed by atoms with van der Waals surface area (Å²) in [4.78, 5) is 7.38. The van der Waals surface area contributed by atoms with Gasteiger partial charge < -0.3 is 10.6 Å². The minimum absolute atomic E-state index is 0.0650. The third kappa shape index (κ3) is 4.53. The Morgan fingerprint density at radius 3 is 2.38 bits per heavy atom. The minimum atomic E-state index is -4.67. The monoisotopic (exact) mass is 346 g/mol. The maximum absolute atomic E-state index is 13.2. The summed E-state index contributed by atoms with van der Waals surface area (Å²) in [7, 11) is 0. The van der Waals surface area contributed by atoms with Gasteiger partial charge in [-0.05, 0) is 25.5 Å². The summed E-state index contributed by atoms with van der Waals surface area (Å²) in [6.07, 6.45) is -4.01. The predicted octanol–water partition coefficient (Wildman–Crippen LogP) is 4.73. The average Bonchev–Trinajstić information content (AvgIpc) is 2.49. The van der Waals surface area contributed by atoms with Gasteiger partial charge in [-0.2, -0.15) is 18.2 Å². The number of hydrogen-bond acceptors (Lipinski definition) is 4. The van der Waals surface area contributed by atoms with Crippen LogP contribution in [0.1, 0.15) is 26.0 Å². The molecule has 9 heteroatoms. The first kappa shape index (κ1) is 17.9. The molecule has 1 atom stereocenters. The van der Waals surface area contributed by atoms with E-state index >= 15 is 0 Å². The molecule has 0 fully saturated rings. The molecular weight excluding hydrogens is 331 g/mol. The second-order valence-electron chi connectivity index (χ2n) is 5.17. The van der Waals surface area contributed by atoms with Crippen LogP contribution in [0.15, 0.2) is 24.3 Å². The molecule has 130 valence electrons. The van der Waals surface area contributed by atoms with Crippen molar-refractivity contribution in [2.45, 2.75) is 32.5 Å². The molecule has 24 heavy (non-hydrogen) atoms. The van der Waals surface area contributed by atoms with Gasteiger partial charge in [-0.25, -0.2) is 13.8 Å². The molecule has 2 aromatic rings. The smallest absolute Gasteiger partial charge is 0.352 e. The lowest BCUT2D eigenvalue weighted by Gasteiger charge is -2.15. The zero-order valence-electron chi connectivity index (χ0n) is 12.9. The standard InChI is InChI=1S/C15H15F5N4/c1-3-8(2)21-14-23-12(15(18,19)20)7-13(24-14)22-9-4-5-10(16)11(17)6-9/h4-8H,3H2,1-2H3,(H2,21,22,23,24)/t8-/m1/s1. The molecule has 0 aliphatic heterocycles. The Kier molecular flexibility index (Phi) is 5.20. The molecule has 2 N–H and O–H groups in total. The van der Waals surface area contributed by atoms with Crippen molar-refractivity contribution in [3.8, 4) is 0 Å². The van der Waals surface area contributed by atoms with Crippen LogP contribution in [0.2, 0.25) is 0 Å². The number of nitrogens with one attached hydrogen (secondary N) is 2. The van der Waals surface area contributed by atoms with Crippen molar-refractivity contribution < 1.29 is 22.0 Å². The van der Waals surface area contributed by atoms with Crippen molar-refractivity contribution in [3.63, 3.8) is 0 Å². The minimum Gasteiger partial charge on any atom is -0.352 e. The summed E-state index contributed by atoms with van der Waals surface area (Å²) < 4.78 is 65.0. The molecular formula is C15H15F5N4. The number of benzene rings is 1. The molecule has 0 radical (unpaired) electrons. The van der Waals surface area contributed by atoms with E-state index in [4.69, 9.17) is 0 Å². The van der Waals surface area contributed by atoms with Gasteiger partial charge in [0.2, 0.25) is 5.95 Å². The third-order valence-corrected chi connectivity index (χ3v) is 3.20. The Labute approximate surface area is 135 Å². The van der Waals surface area contributed by atoms with E-state index in [1.807, 2.05) is 6.92 Å². The number of hydrogen-bond donors (Lipinski definition) is 2. The van der Waals surface area contributed by atoms with Gasteiger partial charge in [-0.15, -0.1) is 0 Å². The summed E-state index contributed by atoms with van der Waals surface area (Å²) >= 11 is 0. The largest absolute Gasteiger partial charge is 0.433 e. The first-order valence-electron chi connectivity index (χ1n) is 7.14. The van der Waals surface area contributed by atoms with E-state index in [0.717, 1.165) is 12.1 Å². The van der Waals surface area contributed by atoms with E-state index in [2.05, 4.69) is 20.6 Å². The second-order valence-corrected chi connectivity index (χ2v) is 5.17. The lowest BCUT2D eigenvalue weighted by molar-refractivity contribution is -0.141. The summed E-state index contributed by atoms with van der Waals surface area (Å²) in [5, 5.41) is 5.27. The number of rotatable bonds is 5. The van der Waals surface area contributed by atoms with Crippen molar-refractivity contribution >= 4 is 17.5 Å². The van der Waals surface area contributed by atoms with Crippen LogP contribution >= 0.6 is 0 Å². The van der Waals surface area contributed by atoms with Gasteiger partial charge in [0.25, 0.3) is 0 Å². The van der Waals surface area contributed by atoms with Crippen molar-refractivity contribution in [3.05, 3.63) is 41.6 Å². The fourth-order valence-corrected chi connectivity index (χ4v) is 1.77. The Hall–Kier alpha value is -2.45. The van der Waals surface area contributed by atoms with Crippen LogP contribution in [0, 0.1) is 11.6 Å². The molecule has 1 aromatic heterocycles. The van der Waals surface area contributed by atoms with E-state index in [1.54, 1.807) is 6.92 Å². The number of halogens is 5. The van der Waals surface area contributed by atoms with Crippen LogP contribution in [-0.4, -0.2) is 16.0 Å². The van der Waals surface area contributed by atoms with E-state index < -0.39 is 23.5 Å². The lowest BCUT2D eigenvalue weighted by Crippen LogP contribution is -2.18. The summed E-state index contributed by atoms with van der Waals surface area (Å²) in [5.74, 6) is -2.57. The van der Waals surface area contributed by atoms with Crippen molar-refractivity contribution in [2.24, 2.45) is 0 Å². The van der Waals surface area contributed by atoms with Crippen LogP contribution in [0.5, 0.6) is 0 Å². The van der Waals surface area contributed by atoms with Crippen molar-refractivity contribution in [1.29, 1.82) is 0 Å². The number of anilines is 3.